The summed E-state index contributed by atoms with van der Waals surface area (Å²) in [5.74, 6) is 1.01. The lowest BCUT2D eigenvalue weighted by Gasteiger charge is -2.32. The Bertz CT molecular complexity index is 829. The van der Waals surface area contributed by atoms with Gasteiger partial charge < -0.3 is 14.7 Å². The summed E-state index contributed by atoms with van der Waals surface area (Å²) in [5, 5.41) is 6.58. The minimum absolute atomic E-state index is 0.0646. The molecule has 3 heterocycles. The summed E-state index contributed by atoms with van der Waals surface area (Å²) >= 11 is 0. The molecule has 2 unspecified atom stereocenters. The van der Waals surface area contributed by atoms with Crippen LogP contribution in [0.5, 0.6) is 0 Å². The number of nitrogens with one attached hydrogen (secondary N) is 3. The van der Waals surface area contributed by atoms with Gasteiger partial charge in [0.25, 0.3) is 0 Å². The fraction of sp³-hybridized carbons (Fsp3) is 0.450. The number of hydrogen-bond donors (Lipinski definition) is 3. The van der Waals surface area contributed by atoms with Crippen LogP contribution < -0.4 is 16.2 Å². The maximum Gasteiger partial charge on any atom is 0.241 e. The van der Waals surface area contributed by atoms with Crippen LogP contribution in [-0.4, -0.2) is 41.0 Å². The number of carbonyl (C=O) groups excluding carboxylic acids is 2. The number of hydrogen-bond acceptors (Lipinski definition) is 6. The first-order valence-corrected chi connectivity index (χ1v) is 9.69. The second kappa shape index (κ2) is 8.12. The van der Waals surface area contributed by atoms with Gasteiger partial charge >= 0.3 is 0 Å². The lowest BCUT2D eigenvalue weighted by Crippen LogP contribution is -2.49. The van der Waals surface area contributed by atoms with Crippen molar-refractivity contribution < 1.29 is 14.1 Å². The Morgan fingerprint density at radius 1 is 1.18 bits per heavy atom. The SMILES string of the molecule is Cc1cc(NC(=O)C2CCN(C(=O)C3CC(c4ccccc4)NN3)CC2)no1. The molecular formula is C20H25N5O3. The summed E-state index contributed by atoms with van der Waals surface area (Å²) in [5.41, 5.74) is 7.52. The molecule has 1 aromatic heterocycles. The lowest BCUT2D eigenvalue weighted by molar-refractivity contribution is -0.136. The van der Waals surface area contributed by atoms with Crippen LogP contribution in [0.4, 0.5) is 5.82 Å². The van der Waals surface area contributed by atoms with Gasteiger partial charge in [-0.25, -0.2) is 10.9 Å². The number of carbonyl (C=O) groups is 2. The molecule has 2 aliphatic rings. The predicted octanol–water partition coefficient (Wildman–Crippen LogP) is 1.77. The molecule has 148 valence electrons. The lowest BCUT2D eigenvalue weighted by atomic mass is 9.95. The van der Waals surface area contributed by atoms with Crippen molar-refractivity contribution in [1.82, 2.24) is 20.9 Å². The third kappa shape index (κ3) is 4.07. The molecule has 4 rings (SSSR count). The number of anilines is 1. The van der Waals surface area contributed by atoms with Gasteiger partial charge in [0.1, 0.15) is 11.8 Å². The topological polar surface area (TPSA) is 99.5 Å². The van der Waals surface area contributed by atoms with Gasteiger partial charge in [0.2, 0.25) is 11.8 Å². The van der Waals surface area contributed by atoms with E-state index in [4.69, 9.17) is 4.52 Å². The van der Waals surface area contributed by atoms with E-state index in [1.54, 1.807) is 13.0 Å². The fourth-order valence-corrected chi connectivity index (χ4v) is 3.86. The number of aromatic nitrogens is 1. The number of hydrazine groups is 1. The summed E-state index contributed by atoms with van der Waals surface area (Å²) in [4.78, 5) is 27.1. The van der Waals surface area contributed by atoms with Gasteiger partial charge in [-0.2, -0.15) is 0 Å². The molecule has 2 aliphatic heterocycles. The molecule has 2 aromatic rings. The summed E-state index contributed by atoms with van der Waals surface area (Å²) in [6.45, 7) is 2.95. The van der Waals surface area contributed by atoms with Gasteiger partial charge in [0.05, 0.1) is 0 Å². The Morgan fingerprint density at radius 2 is 1.93 bits per heavy atom. The molecule has 8 nitrogen and oxygen atoms in total. The highest BCUT2D eigenvalue weighted by molar-refractivity contribution is 5.92. The van der Waals surface area contributed by atoms with Gasteiger partial charge in [-0.05, 0) is 31.7 Å². The summed E-state index contributed by atoms with van der Waals surface area (Å²) < 4.78 is 4.97. The van der Waals surface area contributed by atoms with Crippen LogP contribution in [0.1, 0.15) is 36.6 Å². The molecule has 2 atom stereocenters. The van der Waals surface area contributed by atoms with Crippen LogP contribution in [0.2, 0.25) is 0 Å². The van der Waals surface area contributed by atoms with E-state index in [9.17, 15) is 9.59 Å². The molecule has 0 spiro atoms. The fourth-order valence-electron chi connectivity index (χ4n) is 3.86. The standard InChI is InChI=1S/C20H25N5O3/c1-13-11-18(24-28-13)21-19(26)15-7-9-25(10-8-15)20(27)17-12-16(22-23-17)14-5-3-2-4-6-14/h2-6,11,15-17,22-23H,7-10,12H2,1H3,(H,21,24,26). The van der Waals surface area contributed by atoms with Crippen molar-refractivity contribution in [3.63, 3.8) is 0 Å². The molecule has 0 radical (unpaired) electrons. The molecule has 0 aliphatic carbocycles. The van der Waals surface area contributed by atoms with E-state index in [1.165, 1.54) is 5.56 Å². The van der Waals surface area contributed by atoms with Crippen LogP contribution in [-0.2, 0) is 9.59 Å². The maximum absolute atomic E-state index is 12.8. The van der Waals surface area contributed by atoms with Crippen molar-refractivity contribution >= 4 is 17.6 Å². The van der Waals surface area contributed by atoms with Crippen molar-refractivity contribution in [3.05, 3.63) is 47.7 Å². The van der Waals surface area contributed by atoms with Crippen molar-refractivity contribution in [2.75, 3.05) is 18.4 Å². The second-order valence-electron chi connectivity index (χ2n) is 7.45. The minimum atomic E-state index is -0.242. The van der Waals surface area contributed by atoms with Crippen molar-refractivity contribution in [3.8, 4) is 0 Å². The van der Waals surface area contributed by atoms with E-state index < -0.39 is 0 Å². The number of nitrogens with zero attached hydrogens (tertiary/aromatic N) is 2. The molecule has 0 bridgehead atoms. The molecule has 2 amide bonds. The summed E-state index contributed by atoms with van der Waals surface area (Å²) in [6, 6.07) is 11.7. The first kappa shape index (κ1) is 18.6. The average Bonchev–Trinajstić information content (AvgIpc) is 3.37. The summed E-state index contributed by atoms with van der Waals surface area (Å²) in [6.07, 6.45) is 2.02. The van der Waals surface area contributed by atoms with E-state index in [2.05, 4.69) is 33.5 Å². The molecule has 3 N–H and O–H groups in total. The Labute approximate surface area is 163 Å². The third-order valence-electron chi connectivity index (χ3n) is 5.46. The Hall–Kier alpha value is -2.71. The molecule has 2 saturated heterocycles. The van der Waals surface area contributed by atoms with E-state index in [1.807, 2.05) is 23.1 Å². The molecule has 0 saturated carbocycles. The number of piperidine rings is 1. The number of aryl methyl sites for hydroxylation is 1. The zero-order chi connectivity index (χ0) is 19.5. The monoisotopic (exact) mass is 383 g/mol. The highest BCUT2D eigenvalue weighted by atomic mass is 16.5. The van der Waals surface area contributed by atoms with Crippen molar-refractivity contribution in [2.24, 2.45) is 5.92 Å². The van der Waals surface area contributed by atoms with Crippen molar-refractivity contribution in [2.45, 2.75) is 38.3 Å². The quantitative estimate of drug-likeness (QED) is 0.744. The van der Waals surface area contributed by atoms with Crippen LogP contribution >= 0.6 is 0 Å². The van der Waals surface area contributed by atoms with Gasteiger partial charge in [-0.1, -0.05) is 35.5 Å². The van der Waals surface area contributed by atoms with Gasteiger partial charge in [0.15, 0.2) is 5.82 Å². The zero-order valence-electron chi connectivity index (χ0n) is 15.9. The third-order valence-corrected chi connectivity index (χ3v) is 5.46. The highest BCUT2D eigenvalue weighted by Crippen LogP contribution is 2.25. The van der Waals surface area contributed by atoms with Crippen LogP contribution in [0, 0.1) is 12.8 Å². The smallest absolute Gasteiger partial charge is 0.241 e. The number of amides is 2. The van der Waals surface area contributed by atoms with Crippen LogP contribution in [0.3, 0.4) is 0 Å². The second-order valence-corrected chi connectivity index (χ2v) is 7.45. The molecule has 1 aromatic carbocycles. The van der Waals surface area contributed by atoms with E-state index in [0.29, 0.717) is 37.5 Å². The predicted molar refractivity (Wildman–Crippen MR) is 103 cm³/mol. The molecular weight excluding hydrogens is 358 g/mol. The Morgan fingerprint density at radius 3 is 2.61 bits per heavy atom. The molecule has 28 heavy (non-hydrogen) atoms. The highest BCUT2D eigenvalue weighted by Gasteiger charge is 2.35. The number of rotatable bonds is 4. The minimum Gasteiger partial charge on any atom is -0.360 e. The molecule has 2 fully saturated rings. The Kier molecular flexibility index (Phi) is 5.40. The summed E-state index contributed by atoms with van der Waals surface area (Å²) in [7, 11) is 0. The van der Waals surface area contributed by atoms with E-state index in [0.717, 1.165) is 6.42 Å². The zero-order valence-corrected chi connectivity index (χ0v) is 15.9. The normalized spacial score (nSPS) is 23.0. The van der Waals surface area contributed by atoms with E-state index in [-0.39, 0.29) is 29.8 Å². The average molecular weight is 383 g/mol. The largest absolute Gasteiger partial charge is 0.360 e. The Balaban J connectivity index is 1.27. The number of likely N-dealkylation sites (tertiary alicyclic amines) is 1. The van der Waals surface area contributed by atoms with Crippen molar-refractivity contribution in [1.29, 1.82) is 0 Å². The van der Waals surface area contributed by atoms with Gasteiger partial charge in [0, 0.05) is 31.1 Å². The van der Waals surface area contributed by atoms with E-state index >= 15 is 0 Å². The first-order valence-electron chi connectivity index (χ1n) is 9.69. The molecule has 8 heteroatoms. The first-order chi connectivity index (χ1) is 13.6. The van der Waals surface area contributed by atoms with Gasteiger partial charge in [-0.15, -0.1) is 0 Å². The van der Waals surface area contributed by atoms with Gasteiger partial charge in [-0.3, -0.25) is 9.59 Å². The van der Waals surface area contributed by atoms with Crippen LogP contribution in [0.25, 0.3) is 0 Å². The van der Waals surface area contributed by atoms with Crippen LogP contribution in [0.15, 0.2) is 40.9 Å². The maximum atomic E-state index is 12.8. The number of benzene rings is 1.